The van der Waals surface area contributed by atoms with Gasteiger partial charge in [0.15, 0.2) is 11.5 Å². The highest BCUT2D eigenvalue weighted by atomic mass is 32.2. The number of anilines is 1. The zero-order valence-electron chi connectivity index (χ0n) is 23.4. The number of thioether (sulfide) groups is 1. The van der Waals surface area contributed by atoms with Crippen molar-refractivity contribution in [2.45, 2.75) is 52.2 Å². The molecule has 2 aromatic carbocycles. The summed E-state index contributed by atoms with van der Waals surface area (Å²) in [6.45, 7) is 13.2. The van der Waals surface area contributed by atoms with Crippen LogP contribution in [0.5, 0.6) is 11.5 Å². The van der Waals surface area contributed by atoms with E-state index in [1.54, 1.807) is 16.7 Å². The van der Waals surface area contributed by atoms with Gasteiger partial charge in [-0.05, 0) is 48.2 Å². The molecule has 9 heteroatoms. The monoisotopic (exact) mass is 548 g/mol. The van der Waals surface area contributed by atoms with E-state index in [4.69, 9.17) is 14.6 Å². The van der Waals surface area contributed by atoms with Crippen molar-refractivity contribution in [1.82, 2.24) is 15.1 Å². The molecule has 0 saturated heterocycles. The van der Waals surface area contributed by atoms with Crippen LogP contribution in [-0.2, 0) is 15.0 Å². The Labute approximate surface area is 234 Å². The lowest BCUT2D eigenvalue weighted by atomic mass is 9.87. The number of benzene rings is 2. The molecule has 2 amide bonds. The van der Waals surface area contributed by atoms with Crippen LogP contribution >= 0.6 is 11.8 Å². The predicted octanol–water partition coefficient (Wildman–Crippen LogP) is 5.15. The number of ether oxygens (including phenoxy) is 2. The van der Waals surface area contributed by atoms with Crippen molar-refractivity contribution in [3.63, 3.8) is 0 Å². The normalized spacial score (nSPS) is 16.8. The van der Waals surface area contributed by atoms with Gasteiger partial charge in [-0.1, -0.05) is 52.8 Å². The Balaban J connectivity index is 1.72. The molecule has 0 radical (unpaired) electrons. The van der Waals surface area contributed by atoms with E-state index in [0.29, 0.717) is 29.8 Å². The summed E-state index contributed by atoms with van der Waals surface area (Å²) in [5.74, 6) is 2.26. The topological polar surface area (TPSA) is 85.7 Å². The van der Waals surface area contributed by atoms with Gasteiger partial charge in [0.1, 0.15) is 12.4 Å². The van der Waals surface area contributed by atoms with Crippen molar-refractivity contribution in [3.05, 3.63) is 64.8 Å². The van der Waals surface area contributed by atoms with Crippen LogP contribution in [0, 0.1) is 12.8 Å². The number of hydrogen-bond acceptors (Lipinski definition) is 6. The molecule has 0 saturated carbocycles. The molecule has 1 aromatic heterocycles. The van der Waals surface area contributed by atoms with Crippen LogP contribution in [0.2, 0.25) is 0 Å². The van der Waals surface area contributed by atoms with E-state index >= 15 is 0 Å². The average Bonchev–Trinajstić information content (AvgIpc) is 3.48. The minimum atomic E-state index is -0.326. The molecule has 1 N–H and O–H groups in total. The van der Waals surface area contributed by atoms with Gasteiger partial charge in [-0.25, -0.2) is 4.68 Å². The first-order valence-electron chi connectivity index (χ1n) is 13.3. The first-order chi connectivity index (χ1) is 18.5. The smallest absolute Gasteiger partial charge is 0.240 e. The lowest BCUT2D eigenvalue weighted by Gasteiger charge is -2.25. The van der Waals surface area contributed by atoms with Gasteiger partial charge in [0.05, 0.1) is 22.4 Å². The fraction of sp³-hybridized carbons (Fsp3) is 0.433. The molecule has 3 aromatic rings. The molecule has 0 bridgehead atoms. The third-order valence-corrected chi connectivity index (χ3v) is 8.01. The van der Waals surface area contributed by atoms with Gasteiger partial charge >= 0.3 is 0 Å². The van der Waals surface area contributed by atoms with E-state index in [1.165, 1.54) is 0 Å². The number of amides is 2. The van der Waals surface area contributed by atoms with E-state index in [9.17, 15) is 9.59 Å². The zero-order valence-corrected chi connectivity index (χ0v) is 24.2. The van der Waals surface area contributed by atoms with E-state index in [-0.39, 0.29) is 41.6 Å². The summed E-state index contributed by atoms with van der Waals surface area (Å²) in [6, 6.07) is 14.0. The Morgan fingerprint density at radius 2 is 1.92 bits per heavy atom. The third kappa shape index (κ3) is 5.50. The molecule has 1 atom stereocenters. The molecule has 0 aliphatic carbocycles. The molecule has 2 aliphatic rings. The van der Waals surface area contributed by atoms with Crippen molar-refractivity contribution in [3.8, 4) is 17.2 Å². The van der Waals surface area contributed by atoms with Crippen molar-refractivity contribution >= 4 is 29.4 Å². The number of nitrogens with zero attached hydrogens (tertiary/aromatic N) is 3. The summed E-state index contributed by atoms with van der Waals surface area (Å²) >= 11 is 1.55. The van der Waals surface area contributed by atoms with E-state index in [0.717, 1.165) is 28.1 Å². The van der Waals surface area contributed by atoms with Crippen molar-refractivity contribution < 1.29 is 19.1 Å². The van der Waals surface area contributed by atoms with Gasteiger partial charge in [0, 0.05) is 17.5 Å². The second-order valence-electron chi connectivity index (χ2n) is 11.6. The van der Waals surface area contributed by atoms with Crippen LogP contribution < -0.4 is 19.7 Å². The number of hydrogen-bond donors (Lipinski definition) is 1. The summed E-state index contributed by atoms with van der Waals surface area (Å²) in [6.07, 6.45) is 0. The van der Waals surface area contributed by atoms with E-state index in [2.05, 4.69) is 32.2 Å². The standard InChI is InChI=1S/C30H36N4O4S/c1-18(2)14-31-24(35)15-33-25(36)16-39-27(20-10-11-22-23(13-20)38-17-37-22)26-28(30(4,5)6)32-34(29(26)33)21-9-7-8-19(3)12-21/h7-13,18,27H,14-17H2,1-6H3,(H,31,35). The van der Waals surface area contributed by atoms with Gasteiger partial charge in [0.2, 0.25) is 18.6 Å². The van der Waals surface area contributed by atoms with Crippen LogP contribution in [-0.4, -0.2) is 47.2 Å². The Morgan fingerprint density at radius 1 is 1.15 bits per heavy atom. The van der Waals surface area contributed by atoms with Crippen LogP contribution in [0.4, 0.5) is 5.82 Å². The lowest BCUT2D eigenvalue weighted by molar-refractivity contribution is -0.123. The van der Waals surface area contributed by atoms with E-state index < -0.39 is 0 Å². The number of aromatic nitrogens is 2. The maximum atomic E-state index is 13.8. The Hall–Kier alpha value is -3.46. The highest BCUT2D eigenvalue weighted by Crippen LogP contribution is 2.49. The maximum absolute atomic E-state index is 13.8. The minimum Gasteiger partial charge on any atom is -0.454 e. The number of nitrogens with one attached hydrogen (secondary N) is 1. The van der Waals surface area contributed by atoms with Gasteiger partial charge in [-0.2, -0.15) is 5.10 Å². The summed E-state index contributed by atoms with van der Waals surface area (Å²) in [7, 11) is 0. The van der Waals surface area contributed by atoms with Gasteiger partial charge in [-0.15, -0.1) is 11.8 Å². The molecule has 5 rings (SSSR count). The predicted molar refractivity (Wildman–Crippen MR) is 154 cm³/mol. The molecule has 0 spiro atoms. The zero-order chi connectivity index (χ0) is 27.9. The van der Waals surface area contributed by atoms with Crippen molar-refractivity contribution in [1.29, 1.82) is 0 Å². The fourth-order valence-electron chi connectivity index (χ4n) is 4.87. The SMILES string of the molecule is Cc1cccc(-n2nc(C(C)(C)C)c3c2N(CC(=O)NCC(C)C)C(=O)CSC3c2ccc3c(c2)OCO3)c1. The molecule has 1 unspecified atom stereocenters. The summed E-state index contributed by atoms with van der Waals surface area (Å²) in [4.78, 5) is 28.5. The van der Waals surface area contributed by atoms with Crippen LogP contribution in [0.1, 0.15) is 62.3 Å². The number of fused-ring (bicyclic) bond motifs is 2. The quantitative estimate of drug-likeness (QED) is 0.459. The maximum Gasteiger partial charge on any atom is 0.240 e. The second kappa shape index (κ2) is 10.6. The van der Waals surface area contributed by atoms with Gasteiger partial charge < -0.3 is 14.8 Å². The molecule has 3 heterocycles. The number of carbonyl (C=O) groups is 2. The summed E-state index contributed by atoms with van der Waals surface area (Å²) in [5.41, 5.74) is 4.42. The Bertz CT molecular complexity index is 1410. The molecule has 2 aliphatic heterocycles. The second-order valence-corrected chi connectivity index (χ2v) is 12.7. The van der Waals surface area contributed by atoms with Crippen LogP contribution in [0.25, 0.3) is 5.69 Å². The molecular formula is C30H36N4O4S. The van der Waals surface area contributed by atoms with E-state index in [1.807, 2.05) is 61.9 Å². The highest BCUT2D eigenvalue weighted by Gasteiger charge is 2.40. The van der Waals surface area contributed by atoms with Gasteiger partial charge in [-0.3, -0.25) is 14.5 Å². The fourth-order valence-corrected chi connectivity index (χ4v) is 6.06. The number of carbonyl (C=O) groups excluding carboxylic acids is 2. The number of aryl methyl sites for hydroxylation is 1. The first kappa shape index (κ1) is 27.1. The summed E-state index contributed by atoms with van der Waals surface area (Å²) < 4.78 is 13.1. The third-order valence-electron chi connectivity index (χ3n) is 6.75. The molecule has 206 valence electrons. The average molecular weight is 549 g/mol. The largest absolute Gasteiger partial charge is 0.454 e. The summed E-state index contributed by atoms with van der Waals surface area (Å²) in [5, 5.41) is 7.93. The lowest BCUT2D eigenvalue weighted by Crippen LogP contribution is -2.43. The molecule has 0 fully saturated rings. The molecule has 39 heavy (non-hydrogen) atoms. The molecular weight excluding hydrogens is 512 g/mol. The highest BCUT2D eigenvalue weighted by molar-refractivity contribution is 8.00. The Morgan fingerprint density at radius 3 is 2.64 bits per heavy atom. The first-order valence-corrected chi connectivity index (χ1v) is 14.4. The number of rotatable bonds is 6. The van der Waals surface area contributed by atoms with Crippen LogP contribution in [0.15, 0.2) is 42.5 Å². The van der Waals surface area contributed by atoms with Crippen LogP contribution in [0.3, 0.4) is 0 Å². The minimum absolute atomic E-state index is 0.0753. The molecule has 8 nitrogen and oxygen atoms in total. The van der Waals surface area contributed by atoms with Crippen molar-refractivity contribution in [2.75, 3.05) is 30.5 Å². The Kier molecular flexibility index (Phi) is 7.37. The van der Waals surface area contributed by atoms with Gasteiger partial charge in [0.25, 0.3) is 0 Å². The van der Waals surface area contributed by atoms with Crippen molar-refractivity contribution in [2.24, 2.45) is 5.92 Å².